The van der Waals surface area contributed by atoms with Crippen LogP contribution in [0, 0.1) is 19.7 Å². The summed E-state index contributed by atoms with van der Waals surface area (Å²) < 4.78 is 19.0. The van der Waals surface area contributed by atoms with Gasteiger partial charge >= 0.3 is 0 Å². The molecule has 0 heterocycles. The number of aryl methyl sites for hydroxylation is 1. The van der Waals surface area contributed by atoms with Crippen molar-refractivity contribution in [2.24, 2.45) is 0 Å². The number of hydrogen-bond acceptors (Lipinski definition) is 1. The van der Waals surface area contributed by atoms with E-state index in [1.165, 1.54) is 13.2 Å². The van der Waals surface area contributed by atoms with Crippen LogP contribution in [-0.2, 0) is 0 Å². The van der Waals surface area contributed by atoms with Gasteiger partial charge in [-0.1, -0.05) is 24.3 Å². The van der Waals surface area contributed by atoms with Crippen LogP contribution in [0.3, 0.4) is 0 Å². The first-order valence-corrected chi connectivity index (χ1v) is 6.52. The highest BCUT2D eigenvalue weighted by atomic mass is 35.5. The van der Waals surface area contributed by atoms with Crippen LogP contribution in [0.5, 0.6) is 5.75 Å². The van der Waals surface area contributed by atoms with Crippen LogP contribution in [0.1, 0.15) is 27.6 Å². The molecule has 2 aromatic carbocycles. The molecule has 0 bridgehead atoms. The minimum atomic E-state index is -0.495. The summed E-state index contributed by atoms with van der Waals surface area (Å²) in [6, 6.07) is 10.6. The topological polar surface area (TPSA) is 9.23 Å². The molecule has 0 aliphatic rings. The maximum atomic E-state index is 14.0. The van der Waals surface area contributed by atoms with E-state index in [9.17, 15) is 4.39 Å². The zero-order valence-corrected chi connectivity index (χ0v) is 12.0. The van der Waals surface area contributed by atoms with Gasteiger partial charge in [0, 0.05) is 11.6 Å². The molecule has 0 aromatic heterocycles. The van der Waals surface area contributed by atoms with E-state index < -0.39 is 5.38 Å². The molecule has 0 amide bonds. The first-order chi connectivity index (χ1) is 9.04. The van der Waals surface area contributed by atoms with Gasteiger partial charge in [0.2, 0.25) is 0 Å². The van der Waals surface area contributed by atoms with Crippen molar-refractivity contribution in [3.8, 4) is 5.75 Å². The van der Waals surface area contributed by atoms with Crippen molar-refractivity contribution in [2.45, 2.75) is 19.2 Å². The van der Waals surface area contributed by atoms with Gasteiger partial charge in [-0.05, 0) is 36.6 Å². The Labute approximate surface area is 118 Å². The second kappa shape index (κ2) is 5.62. The lowest BCUT2D eigenvalue weighted by molar-refractivity contribution is 0.410. The number of halogens is 2. The number of ether oxygens (including phenoxy) is 1. The van der Waals surface area contributed by atoms with E-state index in [2.05, 4.69) is 0 Å². The Hall–Kier alpha value is -1.54. The molecule has 19 heavy (non-hydrogen) atoms. The van der Waals surface area contributed by atoms with E-state index in [0.717, 1.165) is 16.7 Å². The number of benzene rings is 2. The molecule has 1 unspecified atom stereocenters. The van der Waals surface area contributed by atoms with Gasteiger partial charge in [0.15, 0.2) is 0 Å². The fraction of sp³-hybridized carbons (Fsp3) is 0.250. The van der Waals surface area contributed by atoms with Gasteiger partial charge in [0.1, 0.15) is 11.6 Å². The Bertz CT molecular complexity index is 595. The third-order valence-electron chi connectivity index (χ3n) is 3.40. The van der Waals surface area contributed by atoms with Crippen LogP contribution in [0.4, 0.5) is 4.39 Å². The predicted octanol–water partition coefficient (Wildman–Crippen LogP) is 4.78. The first kappa shape index (κ1) is 13.9. The number of rotatable bonds is 3. The molecule has 0 radical (unpaired) electrons. The summed E-state index contributed by atoms with van der Waals surface area (Å²) in [5, 5.41) is -0.495. The quantitative estimate of drug-likeness (QED) is 0.734. The van der Waals surface area contributed by atoms with E-state index in [1.807, 2.05) is 32.0 Å². The summed E-state index contributed by atoms with van der Waals surface area (Å²) in [4.78, 5) is 0. The van der Waals surface area contributed by atoms with E-state index in [1.54, 1.807) is 12.1 Å². The fourth-order valence-corrected chi connectivity index (χ4v) is 2.47. The molecule has 0 aliphatic heterocycles. The minimum absolute atomic E-state index is 0.347. The molecule has 0 saturated carbocycles. The molecule has 0 saturated heterocycles. The summed E-state index contributed by atoms with van der Waals surface area (Å²) in [7, 11) is 1.51. The summed E-state index contributed by atoms with van der Waals surface area (Å²) >= 11 is 6.43. The maximum Gasteiger partial charge on any atom is 0.131 e. The standard InChI is InChI=1S/C16H16ClFO/c1-10-5-4-6-13(11(10)2)16(17)14-8-7-12(19-3)9-15(14)18/h4-9,16H,1-3H3. The monoisotopic (exact) mass is 278 g/mol. The van der Waals surface area contributed by atoms with Crippen molar-refractivity contribution < 1.29 is 9.13 Å². The zero-order chi connectivity index (χ0) is 14.0. The van der Waals surface area contributed by atoms with E-state index in [4.69, 9.17) is 16.3 Å². The summed E-state index contributed by atoms with van der Waals surface area (Å²) in [6.07, 6.45) is 0. The second-order valence-corrected chi connectivity index (χ2v) is 4.98. The molecule has 1 atom stereocenters. The van der Waals surface area contributed by atoms with Crippen LogP contribution in [-0.4, -0.2) is 7.11 Å². The lowest BCUT2D eigenvalue weighted by Gasteiger charge is -2.16. The molecule has 0 spiro atoms. The molecule has 2 rings (SSSR count). The average molecular weight is 279 g/mol. The van der Waals surface area contributed by atoms with Crippen molar-refractivity contribution in [2.75, 3.05) is 7.11 Å². The third kappa shape index (κ3) is 2.74. The molecule has 0 N–H and O–H groups in total. The zero-order valence-electron chi connectivity index (χ0n) is 11.2. The van der Waals surface area contributed by atoms with Gasteiger partial charge in [0.05, 0.1) is 12.5 Å². The molecular formula is C16H16ClFO. The smallest absolute Gasteiger partial charge is 0.131 e. The summed E-state index contributed by atoms with van der Waals surface area (Å²) in [5.74, 6) is 0.145. The maximum absolute atomic E-state index is 14.0. The Balaban J connectivity index is 2.44. The van der Waals surface area contributed by atoms with E-state index >= 15 is 0 Å². The summed E-state index contributed by atoms with van der Waals surface area (Å²) in [5.41, 5.74) is 3.65. The van der Waals surface area contributed by atoms with Crippen LogP contribution >= 0.6 is 11.6 Å². The van der Waals surface area contributed by atoms with Crippen LogP contribution in [0.2, 0.25) is 0 Å². The van der Waals surface area contributed by atoms with Gasteiger partial charge < -0.3 is 4.74 Å². The molecular weight excluding hydrogens is 263 g/mol. The molecule has 3 heteroatoms. The highest BCUT2D eigenvalue weighted by Gasteiger charge is 2.18. The van der Waals surface area contributed by atoms with Crippen molar-refractivity contribution in [3.05, 3.63) is 64.5 Å². The largest absolute Gasteiger partial charge is 0.497 e. The van der Waals surface area contributed by atoms with Gasteiger partial charge in [-0.3, -0.25) is 0 Å². The highest BCUT2D eigenvalue weighted by molar-refractivity contribution is 6.22. The Kier molecular flexibility index (Phi) is 4.11. The molecule has 100 valence electrons. The average Bonchev–Trinajstić information content (AvgIpc) is 2.41. The molecule has 2 aromatic rings. The second-order valence-electron chi connectivity index (χ2n) is 4.54. The van der Waals surface area contributed by atoms with E-state index in [0.29, 0.717) is 11.3 Å². The van der Waals surface area contributed by atoms with Gasteiger partial charge in [-0.25, -0.2) is 4.39 Å². The number of hydrogen-bond donors (Lipinski definition) is 0. The van der Waals surface area contributed by atoms with Crippen LogP contribution in [0.25, 0.3) is 0 Å². The predicted molar refractivity (Wildman–Crippen MR) is 76.6 cm³/mol. The Morgan fingerprint density at radius 3 is 2.47 bits per heavy atom. The normalized spacial score (nSPS) is 12.3. The third-order valence-corrected chi connectivity index (χ3v) is 3.87. The molecule has 1 nitrogen and oxygen atoms in total. The fourth-order valence-electron chi connectivity index (χ4n) is 2.06. The van der Waals surface area contributed by atoms with Crippen molar-refractivity contribution in [3.63, 3.8) is 0 Å². The minimum Gasteiger partial charge on any atom is -0.497 e. The number of methoxy groups -OCH3 is 1. The van der Waals surface area contributed by atoms with Crippen molar-refractivity contribution >= 4 is 11.6 Å². The first-order valence-electron chi connectivity index (χ1n) is 6.08. The van der Waals surface area contributed by atoms with Gasteiger partial charge in [-0.15, -0.1) is 11.6 Å². The van der Waals surface area contributed by atoms with Crippen LogP contribution < -0.4 is 4.74 Å². The lowest BCUT2D eigenvalue weighted by atomic mass is 9.96. The number of alkyl halides is 1. The molecule has 0 aliphatic carbocycles. The van der Waals surface area contributed by atoms with Gasteiger partial charge in [0.25, 0.3) is 0 Å². The Morgan fingerprint density at radius 2 is 1.84 bits per heavy atom. The molecule has 0 fully saturated rings. The summed E-state index contributed by atoms with van der Waals surface area (Å²) in [6.45, 7) is 4.02. The van der Waals surface area contributed by atoms with Crippen LogP contribution in [0.15, 0.2) is 36.4 Å². The lowest BCUT2D eigenvalue weighted by Crippen LogP contribution is -2.01. The SMILES string of the molecule is COc1ccc(C(Cl)c2cccc(C)c2C)c(F)c1. The van der Waals surface area contributed by atoms with Gasteiger partial charge in [-0.2, -0.15) is 0 Å². The Morgan fingerprint density at radius 1 is 1.11 bits per heavy atom. The van der Waals surface area contributed by atoms with Crippen molar-refractivity contribution in [1.82, 2.24) is 0 Å². The van der Waals surface area contributed by atoms with E-state index in [-0.39, 0.29) is 5.82 Å². The highest BCUT2D eigenvalue weighted by Crippen LogP contribution is 2.34. The van der Waals surface area contributed by atoms with Crippen molar-refractivity contribution in [1.29, 1.82) is 0 Å².